The van der Waals surface area contributed by atoms with Crippen molar-refractivity contribution in [3.05, 3.63) is 59.1 Å². The maximum Gasteiger partial charge on any atom is 0.242 e. The van der Waals surface area contributed by atoms with E-state index in [1.54, 1.807) is 23.1 Å². The Morgan fingerprint density at radius 3 is 2.69 bits per heavy atom. The van der Waals surface area contributed by atoms with Gasteiger partial charge in [0.05, 0.1) is 5.69 Å². The third kappa shape index (κ3) is 5.40. The second-order valence-electron chi connectivity index (χ2n) is 6.84. The van der Waals surface area contributed by atoms with Gasteiger partial charge in [0.25, 0.3) is 0 Å². The zero-order valence-electron chi connectivity index (χ0n) is 16.5. The number of aliphatic imine (C=N–C) groups is 1. The number of nitrogens with one attached hydrogen (secondary N) is 1. The fraction of sp³-hybridized carbons (Fsp3) is 0.318. The molecule has 1 heterocycles. The lowest BCUT2D eigenvalue weighted by atomic mass is 10.2. The normalized spacial score (nSPS) is 17.8. The Hall–Kier alpha value is -2.31. The second-order valence-corrected chi connectivity index (χ2v) is 8.42. The van der Waals surface area contributed by atoms with Crippen LogP contribution in [0.25, 0.3) is 0 Å². The van der Waals surface area contributed by atoms with Crippen LogP contribution in [0.4, 0.5) is 11.4 Å². The van der Waals surface area contributed by atoms with Gasteiger partial charge in [0.1, 0.15) is 5.25 Å². The van der Waals surface area contributed by atoms with Crippen LogP contribution in [0.3, 0.4) is 0 Å². The van der Waals surface area contributed by atoms with Crippen LogP contribution >= 0.6 is 23.4 Å². The fourth-order valence-corrected chi connectivity index (χ4v) is 4.33. The monoisotopic (exact) mass is 429 g/mol. The second kappa shape index (κ2) is 9.94. The van der Waals surface area contributed by atoms with Crippen molar-refractivity contribution in [2.24, 2.45) is 4.99 Å². The number of anilines is 1. The van der Waals surface area contributed by atoms with Gasteiger partial charge in [0, 0.05) is 23.7 Å². The number of nitrogens with zero attached hydrogens (tertiary/aromatic N) is 2. The molecule has 0 aromatic heterocycles. The first-order valence-electron chi connectivity index (χ1n) is 9.66. The van der Waals surface area contributed by atoms with E-state index < -0.39 is 5.25 Å². The molecule has 2 aromatic carbocycles. The summed E-state index contributed by atoms with van der Waals surface area (Å²) >= 11 is 7.48. The summed E-state index contributed by atoms with van der Waals surface area (Å²) in [5, 5.41) is 3.65. The predicted octanol–water partition coefficient (Wildman–Crippen LogP) is 5.41. The van der Waals surface area contributed by atoms with Crippen molar-refractivity contribution in [2.45, 2.75) is 38.4 Å². The highest BCUT2D eigenvalue weighted by Crippen LogP contribution is 2.32. The Morgan fingerprint density at radius 1 is 1.21 bits per heavy atom. The molecular weight excluding hydrogens is 406 g/mol. The first-order chi connectivity index (χ1) is 14.0. The van der Waals surface area contributed by atoms with Gasteiger partial charge in [-0.3, -0.25) is 14.5 Å². The summed E-state index contributed by atoms with van der Waals surface area (Å²) in [6.07, 6.45) is 1.96. The molecule has 5 nitrogen and oxygen atoms in total. The molecule has 1 saturated heterocycles. The number of thioether (sulfide) groups is 1. The smallest absolute Gasteiger partial charge is 0.242 e. The van der Waals surface area contributed by atoms with E-state index in [0.29, 0.717) is 22.4 Å². The molecule has 152 valence electrons. The van der Waals surface area contributed by atoms with Crippen LogP contribution in [0.2, 0.25) is 5.02 Å². The summed E-state index contributed by atoms with van der Waals surface area (Å²) in [5.41, 5.74) is 2.27. The molecular formula is C22H24ClN3O2S. The molecule has 2 amide bonds. The van der Waals surface area contributed by atoms with Gasteiger partial charge in [0.15, 0.2) is 5.17 Å². The highest BCUT2D eigenvalue weighted by Gasteiger charge is 2.38. The number of para-hydroxylation sites is 1. The van der Waals surface area contributed by atoms with E-state index in [9.17, 15) is 9.59 Å². The molecule has 2 aromatic rings. The van der Waals surface area contributed by atoms with Gasteiger partial charge in [-0.25, -0.2) is 4.99 Å². The minimum atomic E-state index is -0.478. The minimum Gasteiger partial charge on any atom is -0.326 e. The number of hydrogen-bond acceptors (Lipinski definition) is 4. The first kappa shape index (κ1) is 21.4. The van der Waals surface area contributed by atoms with Crippen LogP contribution in [0.5, 0.6) is 0 Å². The van der Waals surface area contributed by atoms with E-state index in [-0.39, 0.29) is 18.2 Å². The summed E-state index contributed by atoms with van der Waals surface area (Å²) < 4.78 is 0. The zero-order valence-corrected chi connectivity index (χ0v) is 18.1. The zero-order chi connectivity index (χ0) is 20.8. The molecule has 29 heavy (non-hydrogen) atoms. The third-order valence-corrected chi connectivity index (χ3v) is 6.23. The van der Waals surface area contributed by atoms with Crippen LogP contribution in [0.1, 0.15) is 31.7 Å². The van der Waals surface area contributed by atoms with Gasteiger partial charge < -0.3 is 5.32 Å². The van der Waals surface area contributed by atoms with Gasteiger partial charge in [-0.2, -0.15) is 0 Å². The average molecular weight is 430 g/mol. The maximum absolute atomic E-state index is 12.9. The lowest BCUT2D eigenvalue weighted by Crippen LogP contribution is -2.34. The van der Waals surface area contributed by atoms with Crippen LogP contribution in [0.15, 0.2) is 53.5 Å². The van der Waals surface area contributed by atoms with E-state index in [1.807, 2.05) is 37.3 Å². The van der Waals surface area contributed by atoms with Crippen molar-refractivity contribution in [1.82, 2.24) is 4.90 Å². The summed E-state index contributed by atoms with van der Waals surface area (Å²) in [7, 11) is 0. The van der Waals surface area contributed by atoms with E-state index in [1.165, 1.54) is 11.8 Å². The van der Waals surface area contributed by atoms with Crippen molar-refractivity contribution < 1.29 is 9.59 Å². The van der Waals surface area contributed by atoms with E-state index in [4.69, 9.17) is 11.6 Å². The highest BCUT2D eigenvalue weighted by molar-refractivity contribution is 8.15. The van der Waals surface area contributed by atoms with E-state index in [2.05, 4.69) is 17.2 Å². The van der Waals surface area contributed by atoms with E-state index in [0.717, 1.165) is 24.1 Å². The lowest BCUT2D eigenvalue weighted by Gasteiger charge is -2.16. The number of hydrogen-bond donors (Lipinski definition) is 1. The highest BCUT2D eigenvalue weighted by atomic mass is 35.5. The van der Waals surface area contributed by atoms with Gasteiger partial charge in [-0.15, -0.1) is 0 Å². The molecule has 1 aliphatic rings. The molecule has 0 spiro atoms. The van der Waals surface area contributed by atoms with Gasteiger partial charge >= 0.3 is 0 Å². The standard InChI is InChI=1S/C22H24ClN3O2S/c1-3-4-13-26-21(28)19(29-22(26)24-16-9-6-5-7-10-16)14-20(27)25-18-12-8-11-17(23)15(18)2/h5-12,19H,3-4,13-14H2,1-2H3,(H,25,27)/t19-/m0/s1. The number of amidine groups is 1. The maximum atomic E-state index is 12.9. The number of unbranched alkanes of at least 4 members (excludes halogenated alkanes) is 1. The molecule has 0 aliphatic carbocycles. The molecule has 3 rings (SSSR count). The minimum absolute atomic E-state index is 0.0592. The van der Waals surface area contributed by atoms with Crippen molar-refractivity contribution >= 4 is 51.7 Å². The molecule has 0 radical (unpaired) electrons. The molecule has 1 aliphatic heterocycles. The predicted molar refractivity (Wildman–Crippen MR) is 121 cm³/mol. The molecule has 1 atom stereocenters. The molecule has 1 fully saturated rings. The van der Waals surface area contributed by atoms with Crippen LogP contribution in [0, 0.1) is 6.92 Å². The molecule has 0 saturated carbocycles. The summed E-state index contributed by atoms with van der Waals surface area (Å²) in [4.78, 5) is 31.9. The Balaban J connectivity index is 1.73. The quantitative estimate of drug-likeness (QED) is 0.640. The summed E-state index contributed by atoms with van der Waals surface area (Å²) in [5.74, 6) is -0.270. The van der Waals surface area contributed by atoms with Crippen LogP contribution in [-0.2, 0) is 9.59 Å². The van der Waals surface area contributed by atoms with Crippen molar-refractivity contribution in [2.75, 3.05) is 11.9 Å². The largest absolute Gasteiger partial charge is 0.326 e. The number of halogens is 1. The van der Waals surface area contributed by atoms with Crippen molar-refractivity contribution in [3.8, 4) is 0 Å². The number of carbonyl (C=O) groups is 2. The van der Waals surface area contributed by atoms with Crippen molar-refractivity contribution in [1.29, 1.82) is 0 Å². The molecule has 7 heteroatoms. The number of carbonyl (C=O) groups excluding carboxylic acids is 2. The van der Waals surface area contributed by atoms with Gasteiger partial charge in [0.2, 0.25) is 11.8 Å². The van der Waals surface area contributed by atoms with Crippen LogP contribution in [-0.4, -0.2) is 33.7 Å². The topological polar surface area (TPSA) is 61.8 Å². The Bertz CT molecular complexity index is 918. The van der Waals surface area contributed by atoms with Gasteiger partial charge in [-0.1, -0.05) is 61.0 Å². The molecule has 0 unspecified atom stereocenters. The number of rotatable bonds is 7. The van der Waals surface area contributed by atoms with Gasteiger partial charge in [-0.05, 0) is 43.2 Å². The SMILES string of the molecule is CCCCN1C(=O)[C@H](CC(=O)Nc2cccc(Cl)c2C)SC1=Nc1ccccc1. The summed E-state index contributed by atoms with van der Waals surface area (Å²) in [6.45, 7) is 4.55. The number of amides is 2. The van der Waals surface area contributed by atoms with E-state index >= 15 is 0 Å². The molecule has 1 N–H and O–H groups in total. The molecule has 0 bridgehead atoms. The lowest BCUT2D eigenvalue weighted by molar-refractivity contribution is -0.128. The average Bonchev–Trinajstić information content (AvgIpc) is 2.99. The Labute approximate surface area is 180 Å². The Morgan fingerprint density at radius 2 is 1.97 bits per heavy atom. The van der Waals surface area contributed by atoms with Crippen LogP contribution < -0.4 is 5.32 Å². The Kier molecular flexibility index (Phi) is 7.34. The van der Waals surface area contributed by atoms with Crippen molar-refractivity contribution in [3.63, 3.8) is 0 Å². The first-order valence-corrected chi connectivity index (χ1v) is 10.9. The fourth-order valence-electron chi connectivity index (χ4n) is 2.97. The number of benzene rings is 2. The summed E-state index contributed by atoms with van der Waals surface area (Å²) in [6, 6.07) is 14.9. The third-order valence-electron chi connectivity index (χ3n) is 4.65.